The first-order chi connectivity index (χ1) is 20.2. The molecule has 216 valence electrons. The van der Waals surface area contributed by atoms with E-state index in [9.17, 15) is 9.59 Å². The van der Waals surface area contributed by atoms with Gasteiger partial charge >= 0.3 is 5.97 Å². The molecule has 0 bridgehead atoms. The maximum atomic E-state index is 14.1. The Labute approximate surface area is 265 Å². The molecule has 7 nitrogen and oxygen atoms in total. The van der Waals surface area contributed by atoms with Crippen LogP contribution in [-0.4, -0.2) is 24.3 Å². The number of aryl methyl sites for hydroxylation is 1. The number of rotatable bonds is 8. The van der Waals surface area contributed by atoms with E-state index in [-0.39, 0.29) is 18.8 Å². The molecule has 0 radical (unpaired) electrons. The van der Waals surface area contributed by atoms with E-state index < -0.39 is 12.0 Å². The van der Waals surface area contributed by atoms with Crippen molar-refractivity contribution in [3.8, 4) is 11.5 Å². The summed E-state index contributed by atoms with van der Waals surface area (Å²) in [4.78, 5) is 32.4. The Morgan fingerprint density at radius 2 is 1.88 bits per heavy atom. The van der Waals surface area contributed by atoms with Crippen LogP contribution in [-0.2, 0) is 16.1 Å². The number of nitrogens with zero attached hydrogens (tertiary/aromatic N) is 2. The Morgan fingerprint density at radius 3 is 2.57 bits per heavy atom. The number of allylic oxidation sites excluding steroid dienone is 1. The summed E-state index contributed by atoms with van der Waals surface area (Å²) in [7, 11) is 1.58. The van der Waals surface area contributed by atoms with Gasteiger partial charge < -0.3 is 14.2 Å². The van der Waals surface area contributed by atoms with Gasteiger partial charge in [-0.3, -0.25) is 9.36 Å². The third-order valence-corrected chi connectivity index (χ3v) is 8.77. The molecule has 1 aliphatic heterocycles. The third kappa shape index (κ3) is 6.04. The van der Waals surface area contributed by atoms with Gasteiger partial charge in [-0.15, -0.1) is 0 Å². The van der Waals surface area contributed by atoms with E-state index in [0.717, 1.165) is 20.3 Å². The first-order valence-electron chi connectivity index (χ1n) is 13.2. The smallest absolute Gasteiger partial charge is 0.338 e. The second kappa shape index (κ2) is 12.8. The number of ether oxygens (including phenoxy) is 3. The lowest BCUT2D eigenvalue weighted by molar-refractivity contribution is -0.139. The molecule has 42 heavy (non-hydrogen) atoms. The van der Waals surface area contributed by atoms with Crippen molar-refractivity contribution >= 4 is 57.6 Å². The highest BCUT2D eigenvalue weighted by Crippen LogP contribution is 2.35. The van der Waals surface area contributed by atoms with Crippen LogP contribution >= 0.6 is 45.5 Å². The van der Waals surface area contributed by atoms with Crippen molar-refractivity contribution in [2.45, 2.75) is 33.4 Å². The summed E-state index contributed by atoms with van der Waals surface area (Å²) in [6, 6.07) is 18.4. The van der Waals surface area contributed by atoms with Crippen LogP contribution in [0.25, 0.3) is 6.08 Å². The summed E-state index contributed by atoms with van der Waals surface area (Å²) in [5.41, 5.74) is 3.96. The van der Waals surface area contributed by atoms with Crippen LogP contribution < -0.4 is 24.4 Å². The molecule has 3 aromatic carbocycles. The zero-order chi connectivity index (χ0) is 30.0. The number of aromatic nitrogens is 1. The number of methoxy groups -OCH3 is 1. The quantitative estimate of drug-likeness (QED) is 0.167. The summed E-state index contributed by atoms with van der Waals surface area (Å²) >= 11 is 9.83. The molecule has 2 heterocycles. The largest absolute Gasteiger partial charge is 0.493 e. The second-order valence-electron chi connectivity index (χ2n) is 9.62. The van der Waals surface area contributed by atoms with Gasteiger partial charge in [-0.05, 0) is 73.2 Å². The minimum Gasteiger partial charge on any atom is -0.493 e. The molecule has 4 aromatic rings. The minimum absolute atomic E-state index is 0.214. The monoisotopic (exact) mass is 714 g/mol. The van der Waals surface area contributed by atoms with Gasteiger partial charge in [0.05, 0.1) is 35.6 Å². The fourth-order valence-corrected chi connectivity index (χ4v) is 6.61. The van der Waals surface area contributed by atoms with Crippen molar-refractivity contribution in [3.63, 3.8) is 0 Å². The number of esters is 1. The average Bonchev–Trinajstić information content (AvgIpc) is 3.26. The van der Waals surface area contributed by atoms with Crippen LogP contribution in [0.15, 0.2) is 81.7 Å². The van der Waals surface area contributed by atoms with Gasteiger partial charge in [-0.1, -0.05) is 71.0 Å². The van der Waals surface area contributed by atoms with Gasteiger partial charge in [0, 0.05) is 19.7 Å². The number of benzene rings is 3. The zero-order valence-corrected chi connectivity index (χ0v) is 27.2. The minimum atomic E-state index is -0.676. The number of halogens is 2. The van der Waals surface area contributed by atoms with Crippen molar-refractivity contribution in [2.75, 3.05) is 13.7 Å². The summed E-state index contributed by atoms with van der Waals surface area (Å²) < 4.78 is 20.2. The van der Waals surface area contributed by atoms with E-state index >= 15 is 0 Å². The summed E-state index contributed by atoms with van der Waals surface area (Å²) in [6.07, 6.45) is 1.78. The van der Waals surface area contributed by atoms with Crippen LogP contribution in [0, 0.1) is 10.5 Å². The lowest BCUT2D eigenvalue weighted by Crippen LogP contribution is -2.39. The van der Waals surface area contributed by atoms with Crippen LogP contribution in [0.3, 0.4) is 0 Å². The van der Waals surface area contributed by atoms with Crippen LogP contribution in [0.2, 0.25) is 5.02 Å². The zero-order valence-electron chi connectivity index (χ0n) is 23.4. The maximum absolute atomic E-state index is 14.1. The topological polar surface area (TPSA) is 79.1 Å². The van der Waals surface area contributed by atoms with E-state index in [0.29, 0.717) is 42.7 Å². The second-order valence-corrected chi connectivity index (χ2v) is 12.3. The first-order valence-corrected chi connectivity index (χ1v) is 15.5. The summed E-state index contributed by atoms with van der Waals surface area (Å²) in [5.74, 6) is 0.532. The molecule has 0 saturated heterocycles. The number of carbonyl (C=O) groups excluding carboxylic acids is 1. The predicted octanol–water partition coefficient (Wildman–Crippen LogP) is 5.95. The van der Waals surface area contributed by atoms with Gasteiger partial charge in [-0.2, -0.15) is 0 Å². The molecular formula is C32H28ClIN2O5S. The lowest BCUT2D eigenvalue weighted by Gasteiger charge is -2.24. The van der Waals surface area contributed by atoms with Crippen molar-refractivity contribution in [2.24, 2.45) is 4.99 Å². The van der Waals surface area contributed by atoms with Crippen LogP contribution in [0.1, 0.15) is 42.1 Å². The van der Waals surface area contributed by atoms with Gasteiger partial charge in [0.15, 0.2) is 16.3 Å². The van der Waals surface area contributed by atoms with Crippen molar-refractivity contribution in [1.82, 2.24) is 4.57 Å². The normalized spacial score (nSPS) is 14.8. The highest BCUT2D eigenvalue weighted by Gasteiger charge is 2.33. The van der Waals surface area contributed by atoms with Gasteiger partial charge in [-0.25, -0.2) is 9.79 Å². The van der Waals surface area contributed by atoms with Crippen molar-refractivity contribution < 1.29 is 19.0 Å². The highest BCUT2D eigenvalue weighted by atomic mass is 127. The van der Waals surface area contributed by atoms with E-state index in [1.165, 1.54) is 11.3 Å². The standard InChI is InChI=1S/C32H28ClIN2O5S/c1-5-40-31(38)27-19(3)35-32-36(28(27)20-12-10-18(2)11-13-20)30(37)26(42-32)15-22-14-23(34)16-25(39-4)29(22)41-17-21-8-6-7-9-24(21)33/h6-16,28H,5,17H2,1-4H3/b26-15-/t28-/m1/s1. The molecule has 0 unspecified atom stereocenters. The average molecular weight is 715 g/mol. The highest BCUT2D eigenvalue weighted by molar-refractivity contribution is 14.1. The van der Waals surface area contributed by atoms with Gasteiger partial charge in [0.1, 0.15) is 6.61 Å². The lowest BCUT2D eigenvalue weighted by atomic mass is 9.95. The summed E-state index contributed by atoms with van der Waals surface area (Å²) in [5, 5.41) is 0.598. The van der Waals surface area contributed by atoms with E-state index in [1.54, 1.807) is 31.6 Å². The number of thiazole rings is 1. The first kappa shape index (κ1) is 30.1. The number of hydrogen-bond donors (Lipinski definition) is 0. The molecule has 0 saturated carbocycles. The summed E-state index contributed by atoms with van der Waals surface area (Å²) in [6.45, 7) is 5.95. The number of fused-ring (bicyclic) bond motifs is 1. The predicted molar refractivity (Wildman–Crippen MR) is 173 cm³/mol. The molecule has 0 fully saturated rings. The van der Waals surface area contributed by atoms with E-state index in [4.69, 9.17) is 25.8 Å². The van der Waals surface area contributed by atoms with Crippen molar-refractivity contribution in [1.29, 1.82) is 0 Å². The van der Waals surface area contributed by atoms with Crippen LogP contribution in [0.4, 0.5) is 0 Å². The SMILES string of the molecule is CCOC(=O)C1=C(C)N=c2s/c(=C\c3cc(I)cc(OC)c3OCc3ccccc3Cl)c(=O)n2[C@@H]1c1ccc(C)cc1. The number of hydrogen-bond acceptors (Lipinski definition) is 7. The van der Waals surface area contributed by atoms with Crippen molar-refractivity contribution in [3.05, 3.63) is 122 Å². The molecule has 0 N–H and O–H groups in total. The molecule has 0 aliphatic carbocycles. The molecule has 1 atom stereocenters. The van der Waals surface area contributed by atoms with Gasteiger partial charge in [0.2, 0.25) is 0 Å². The molecule has 1 aliphatic rings. The molecule has 0 spiro atoms. The molecule has 1 aromatic heterocycles. The Balaban J connectivity index is 1.67. The molecule has 10 heteroatoms. The van der Waals surface area contributed by atoms with Gasteiger partial charge in [0.25, 0.3) is 5.56 Å². The molecule has 0 amide bonds. The Morgan fingerprint density at radius 1 is 1.14 bits per heavy atom. The third-order valence-electron chi connectivity index (χ3n) is 6.79. The molecular weight excluding hydrogens is 687 g/mol. The van der Waals surface area contributed by atoms with E-state index in [1.807, 2.05) is 67.6 Å². The Hall–Kier alpha value is -3.41. The Kier molecular flexibility index (Phi) is 9.19. The maximum Gasteiger partial charge on any atom is 0.338 e. The fraction of sp³-hybridized carbons (Fsp3) is 0.219. The van der Waals surface area contributed by atoms with Crippen LogP contribution in [0.5, 0.6) is 11.5 Å². The van der Waals surface area contributed by atoms with E-state index in [2.05, 4.69) is 27.6 Å². The fourth-order valence-electron chi connectivity index (χ4n) is 4.76. The Bertz CT molecular complexity index is 1880. The number of carbonyl (C=O) groups is 1. The molecule has 5 rings (SSSR count).